The minimum atomic E-state index is -0.853. The summed E-state index contributed by atoms with van der Waals surface area (Å²) in [6.07, 6.45) is 0.376. The van der Waals surface area contributed by atoms with E-state index in [-0.39, 0.29) is 18.2 Å². The summed E-state index contributed by atoms with van der Waals surface area (Å²) in [5.41, 5.74) is -0.673. The number of halogens is 2. The Balaban J connectivity index is 1.75. The van der Waals surface area contributed by atoms with Crippen LogP contribution in [-0.2, 0) is 4.74 Å². The Kier molecular flexibility index (Phi) is 4.21. The minimum Gasteiger partial charge on any atom is -0.444 e. The van der Waals surface area contributed by atoms with Crippen LogP contribution in [0.25, 0.3) is 0 Å². The molecule has 2 aliphatic heterocycles. The van der Waals surface area contributed by atoms with Crippen LogP contribution in [0, 0.1) is 11.6 Å². The third kappa shape index (κ3) is 3.32. The van der Waals surface area contributed by atoms with Gasteiger partial charge in [-0.25, -0.2) is 13.6 Å². The van der Waals surface area contributed by atoms with E-state index in [2.05, 4.69) is 0 Å². The van der Waals surface area contributed by atoms with Gasteiger partial charge >= 0.3 is 6.09 Å². The van der Waals surface area contributed by atoms with Crippen LogP contribution in [0.3, 0.4) is 0 Å². The fourth-order valence-electron chi connectivity index (χ4n) is 3.59. The molecule has 2 saturated heterocycles. The van der Waals surface area contributed by atoms with E-state index in [0.29, 0.717) is 18.8 Å². The number of nitrogens with zero attached hydrogens (tertiary/aromatic N) is 2. The molecule has 3 rings (SSSR count). The maximum Gasteiger partial charge on any atom is 0.410 e. The molecule has 0 aliphatic carbocycles. The molecule has 0 radical (unpaired) electrons. The SMILES string of the molecule is CC(=O)c1c(F)cc(N2CC3CC2CN3C(=O)OC(C)(C)C)cc1F. The maximum absolute atomic E-state index is 14.1. The van der Waals surface area contributed by atoms with Gasteiger partial charge in [-0.1, -0.05) is 0 Å². The molecule has 1 aromatic rings. The van der Waals surface area contributed by atoms with E-state index in [4.69, 9.17) is 4.74 Å². The molecule has 0 N–H and O–H groups in total. The van der Waals surface area contributed by atoms with Gasteiger partial charge in [0.05, 0.1) is 11.6 Å². The Labute approximate surface area is 145 Å². The summed E-state index contributed by atoms with van der Waals surface area (Å²) in [7, 11) is 0. The fraction of sp³-hybridized carbons (Fsp3) is 0.556. The average molecular weight is 352 g/mol. The number of piperazine rings is 1. The van der Waals surface area contributed by atoms with Crippen molar-refractivity contribution in [3.05, 3.63) is 29.3 Å². The zero-order valence-corrected chi connectivity index (χ0v) is 14.8. The van der Waals surface area contributed by atoms with Gasteiger partial charge in [0.15, 0.2) is 5.78 Å². The first-order chi connectivity index (χ1) is 11.6. The standard InChI is InChI=1S/C18H22F2N2O3/c1-10(23)16-14(19)6-11(7-15(16)20)21-8-13-5-12(21)9-22(13)17(24)25-18(2,3)4/h6-7,12-13H,5,8-9H2,1-4H3. The van der Waals surface area contributed by atoms with Crippen molar-refractivity contribution in [2.45, 2.75) is 51.8 Å². The van der Waals surface area contributed by atoms with Gasteiger partial charge < -0.3 is 14.5 Å². The fourth-order valence-corrected chi connectivity index (χ4v) is 3.59. The van der Waals surface area contributed by atoms with E-state index in [9.17, 15) is 18.4 Å². The molecule has 1 aromatic carbocycles. The van der Waals surface area contributed by atoms with E-state index in [0.717, 1.165) is 13.3 Å². The molecule has 2 heterocycles. The van der Waals surface area contributed by atoms with E-state index in [1.54, 1.807) is 4.90 Å². The Morgan fingerprint density at radius 3 is 2.16 bits per heavy atom. The lowest BCUT2D eigenvalue weighted by atomic mass is 10.1. The summed E-state index contributed by atoms with van der Waals surface area (Å²) in [5.74, 6) is -2.34. The van der Waals surface area contributed by atoms with Crippen LogP contribution in [0.15, 0.2) is 12.1 Å². The third-order valence-corrected chi connectivity index (χ3v) is 4.58. The third-order valence-electron chi connectivity index (χ3n) is 4.58. The first kappa shape index (κ1) is 17.6. The molecule has 25 heavy (non-hydrogen) atoms. The van der Waals surface area contributed by atoms with Crippen molar-refractivity contribution in [2.24, 2.45) is 0 Å². The molecule has 2 bridgehead atoms. The Morgan fingerprint density at radius 1 is 1.12 bits per heavy atom. The number of likely N-dealkylation sites (tertiary alicyclic amines) is 1. The molecule has 2 fully saturated rings. The molecule has 2 atom stereocenters. The highest BCUT2D eigenvalue weighted by Gasteiger charge is 2.46. The summed E-state index contributed by atoms with van der Waals surface area (Å²) in [5, 5.41) is 0. The highest BCUT2D eigenvalue weighted by molar-refractivity contribution is 5.95. The lowest BCUT2D eigenvalue weighted by molar-refractivity contribution is 0.0214. The Hall–Kier alpha value is -2.18. The molecule has 136 valence electrons. The highest BCUT2D eigenvalue weighted by Crippen LogP contribution is 2.36. The summed E-state index contributed by atoms with van der Waals surface area (Å²) in [4.78, 5) is 27.2. The lowest BCUT2D eigenvalue weighted by Crippen LogP contribution is -2.50. The summed E-state index contributed by atoms with van der Waals surface area (Å²) >= 11 is 0. The van der Waals surface area contributed by atoms with Gasteiger partial charge in [0.2, 0.25) is 0 Å². The summed E-state index contributed by atoms with van der Waals surface area (Å²) in [6, 6.07) is 2.33. The van der Waals surface area contributed by atoms with Gasteiger partial charge in [0.1, 0.15) is 17.2 Å². The molecular formula is C18H22F2N2O3. The van der Waals surface area contributed by atoms with Crippen LogP contribution < -0.4 is 4.90 Å². The van der Waals surface area contributed by atoms with Crippen LogP contribution in [0.4, 0.5) is 19.3 Å². The van der Waals surface area contributed by atoms with Gasteiger partial charge in [0, 0.05) is 24.8 Å². The summed E-state index contributed by atoms with van der Waals surface area (Å²) < 4.78 is 33.6. The van der Waals surface area contributed by atoms with Crippen LogP contribution >= 0.6 is 0 Å². The first-order valence-electron chi connectivity index (χ1n) is 8.33. The number of hydrogen-bond donors (Lipinski definition) is 0. The number of benzene rings is 1. The topological polar surface area (TPSA) is 49.9 Å². The second-order valence-corrected chi connectivity index (χ2v) is 7.67. The van der Waals surface area contributed by atoms with Crippen molar-refractivity contribution >= 4 is 17.6 Å². The van der Waals surface area contributed by atoms with Crippen molar-refractivity contribution < 1.29 is 23.1 Å². The maximum atomic E-state index is 14.1. The number of carbonyl (C=O) groups excluding carboxylic acids is 2. The molecule has 0 saturated carbocycles. The predicted molar refractivity (Wildman–Crippen MR) is 88.8 cm³/mol. The second-order valence-electron chi connectivity index (χ2n) is 7.67. The predicted octanol–water partition coefficient (Wildman–Crippen LogP) is 3.37. The molecule has 2 aliphatic rings. The number of Topliss-reactive ketones (excluding diaryl/α,β-unsaturated/α-hetero) is 1. The van der Waals surface area contributed by atoms with E-state index >= 15 is 0 Å². The largest absolute Gasteiger partial charge is 0.444 e. The number of anilines is 1. The molecular weight excluding hydrogens is 330 g/mol. The van der Waals surface area contributed by atoms with E-state index in [1.165, 1.54) is 12.1 Å². The van der Waals surface area contributed by atoms with Crippen LogP contribution in [0.2, 0.25) is 0 Å². The average Bonchev–Trinajstić information content (AvgIpc) is 3.04. The molecule has 0 aromatic heterocycles. The zero-order valence-electron chi connectivity index (χ0n) is 14.8. The van der Waals surface area contributed by atoms with Gasteiger partial charge in [0.25, 0.3) is 0 Å². The quantitative estimate of drug-likeness (QED) is 0.766. The highest BCUT2D eigenvalue weighted by atomic mass is 19.1. The number of ether oxygens (including phenoxy) is 1. The number of hydrogen-bond acceptors (Lipinski definition) is 4. The molecule has 7 heteroatoms. The van der Waals surface area contributed by atoms with Gasteiger partial charge in [-0.15, -0.1) is 0 Å². The zero-order chi connectivity index (χ0) is 18.5. The first-order valence-corrected chi connectivity index (χ1v) is 8.33. The van der Waals surface area contributed by atoms with Crippen LogP contribution in [0.5, 0.6) is 0 Å². The number of fused-ring (bicyclic) bond motifs is 2. The molecule has 1 amide bonds. The van der Waals surface area contributed by atoms with Crippen LogP contribution in [-0.4, -0.2) is 47.6 Å². The molecule has 0 spiro atoms. The van der Waals surface area contributed by atoms with Crippen molar-refractivity contribution in [1.29, 1.82) is 0 Å². The van der Waals surface area contributed by atoms with Gasteiger partial charge in [-0.2, -0.15) is 0 Å². The second kappa shape index (κ2) is 5.97. The van der Waals surface area contributed by atoms with Crippen molar-refractivity contribution in [3.8, 4) is 0 Å². The number of ketones is 1. The number of carbonyl (C=O) groups is 2. The Morgan fingerprint density at radius 2 is 1.72 bits per heavy atom. The number of rotatable bonds is 2. The smallest absolute Gasteiger partial charge is 0.410 e. The number of amides is 1. The minimum absolute atomic E-state index is 0.0144. The lowest BCUT2D eigenvalue weighted by Gasteiger charge is -2.36. The van der Waals surface area contributed by atoms with Crippen LogP contribution in [0.1, 0.15) is 44.5 Å². The van der Waals surface area contributed by atoms with E-state index < -0.39 is 28.6 Å². The monoisotopic (exact) mass is 352 g/mol. The normalized spacial score (nSPS) is 22.5. The van der Waals surface area contributed by atoms with Crippen molar-refractivity contribution in [3.63, 3.8) is 0 Å². The molecule has 2 unspecified atom stereocenters. The summed E-state index contributed by atoms with van der Waals surface area (Å²) in [6.45, 7) is 7.52. The van der Waals surface area contributed by atoms with Crippen molar-refractivity contribution in [2.75, 3.05) is 18.0 Å². The van der Waals surface area contributed by atoms with Crippen molar-refractivity contribution in [1.82, 2.24) is 4.90 Å². The van der Waals surface area contributed by atoms with E-state index in [1.807, 2.05) is 25.7 Å². The molecule has 5 nitrogen and oxygen atoms in total. The van der Waals surface area contributed by atoms with Gasteiger partial charge in [-0.3, -0.25) is 4.79 Å². The van der Waals surface area contributed by atoms with Gasteiger partial charge in [-0.05, 0) is 46.2 Å². The Bertz CT molecular complexity index is 707.